The zero-order chi connectivity index (χ0) is 29.4. The summed E-state index contributed by atoms with van der Waals surface area (Å²) in [5, 5.41) is 0. The number of anilines is 1. The maximum absolute atomic E-state index is 13.2. The van der Waals surface area contributed by atoms with Crippen LogP contribution < -0.4 is 4.90 Å². The first kappa shape index (κ1) is 28.6. The van der Waals surface area contributed by atoms with E-state index in [2.05, 4.69) is 13.6 Å². The van der Waals surface area contributed by atoms with Gasteiger partial charge >= 0.3 is 5.97 Å². The van der Waals surface area contributed by atoms with E-state index in [0.717, 1.165) is 44.0 Å². The molecule has 3 aliphatic heterocycles. The summed E-state index contributed by atoms with van der Waals surface area (Å²) in [4.78, 5) is 41.5. The van der Waals surface area contributed by atoms with Gasteiger partial charge in [0.1, 0.15) is 22.5 Å². The second kappa shape index (κ2) is 11.6. The van der Waals surface area contributed by atoms with Crippen molar-refractivity contribution in [3.05, 3.63) is 58.7 Å². The van der Waals surface area contributed by atoms with E-state index in [1.165, 1.54) is 9.21 Å². The van der Waals surface area contributed by atoms with Crippen molar-refractivity contribution < 1.29 is 27.5 Å². The molecule has 0 atom stereocenters. The number of nitrogens with zero attached hydrogens (tertiary/aromatic N) is 5. The molecule has 2 aromatic carbocycles. The number of esters is 1. The predicted molar refractivity (Wildman–Crippen MR) is 156 cm³/mol. The Morgan fingerprint density at radius 2 is 1.71 bits per heavy atom. The quantitative estimate of drug-likeness (QED) is 0.193. The number of imide groups is 1. The predicted octanol–water partition coefficient (Wildman–Crippen LogP) is 3.51. The lowest BCUT2D eigenvalue weighted by Gasteiger charge is -2.34. The molecular weight excluding hydrogens is 578 g/mol. The van der Waals surface area contributed by atoms with Crippen LogP contribution in [0.1, 0.15) is 54.9 Å². The fourth-order valence-electron chi connectivity index (χ4n) is 5.78. The highest BCUT2D eigenvalue weighted by Gasteiger charge is 2.37. The first-order valence-electron chi connectivity index (χ1n) is 14.1. The molecule has 0 bridgehead atoms. The number of aromatic nitrogens is 2. The lowest BCUT2D eigenvalue weighted by Crippen LogP contribution is -2.48. The molecule has 3 aliphatic rings. The number of cyclic esters (lactones) is 1. The molecule has 1 saturated heterocycles. The molecule has 42 heavy (non-hydrogen) atoms. The molecule has 0 N–H and O–H groups in total. The van der Waals surface area contributed by atoms with Crippen molar-refractivity contribution >= 4 is 56.3 Å². The number of hydrogen-bond donors (Lipinski definition) is 0. The van der Waals surface area contributed by atoms with E-state index in [9.17, 15) is 22.8 Å². The minimum Gasteiger partial charge on any atom is -0.457 e. The van der Waals surface area contributed by atoms with Crippen LogP contribution >= 0.6 is 11.7 Å². The first-order valence-corrected chi connectivity index (χ1v) is 16.2. The van der Waals surface area contributed by atoms with Gasteiger partial charge in [-0.05, 0) is 63.1 Å². The minimum atomic E-state index is -3.63. The van der Waals surface area contributed by atoms with Crippen molar-refractivity contribution in [2.45, 2.75) is 50.5 Å². The van der Waals surface area contributed by atoms with Crippen molar-refractivity contribution in [1.82, 2.24) is 18.0 Å². The topological polar surface area (TPSA) is 130 Å². The average molecular weight is 610 g/mol. The third-order valence-electron chi connectivity index (χ3n) is 8.21. The van der Waals surface area contributed by atoms with Crippen LogP contribution in [0, 0.1) is 0 Å². The van der Waals surface area contributed by atoms with E-state index >= 15 is 0 Å². The molecule has 0 unspecified atom stereocenters. The molecule has 0 radical (unpaired) electrons. The molecule has 4 heterocycles. The van der Waals surface area contributed by atoms with Gasteiger partial charge in [0.2, 0.25) is 10.0 Å². The normalized spacial score (nSPS) is 18.4. The number of benzene rings is 2. The van der Waals surface area contributed by atoms with Crippen molar-refractivity contribution in [3.63, 3.8) is 0 Å². The molecule has 3 aromatic rings. The Kier molecular flexibility index (Phi) is 7.92. The Morgan fingerprint density at radius 1 is 0.929 bits per heavy atom. The number of carbonyl (C=O) groups excluding carboxylic acids is 3. The van der Waals surface area contributed by atoms with Crippen LogP contribution in [0.3, 0.4) is 0 Å². The second-order valence-electron chi connectivity index (χ2n) is 10.8. The zero-order valence-corrected chi connectivity index (χ0v) is 24.9. The highest BCUT2D eigenvalue weighted by atomic mass is 32.2. The minimum absolute atomic E-state index is 0.147. The number of sulfonamides is 1. The van der Waals surface area contributed by atoms with Crippen molar-refractivity contribution in [1.29, 1.82) is 0 Å². The molecule has 0 saturated carbocycles. The Morgan fingerprint density at radius 3 is 2.52 bits per heavy atom. The van der Waals surface area contributed by atoms with E-state index in [0.29, 0.717) is 71.6 Å². The third-order valence-corrected chi connectivity index (χ3v) is 10.7. The summed E-state index contributed by atoms with van der Waals surface area (Å²) in [6.07, 6.45) is 4.22. The van der Waals surface area contributed by atoms with Gasteiger partial charge in [-0.25, -0.2) is 18.1 Å². The van der Waals surface area contributed by atoms with Gasteiger partial charge < -0.3 is 9.64 Å². The molecule has 1 aromatic heterocycles. The number of hydrogen-bond acceptors (Lipinski definition) is 10. The average Bonchev–Trinajstić information content (AvgIpc) is 3.67. The number of piperazine rings is 1. The van der Waals surface area contributed by atoms with Gasteiger partial charge in [-0.15, -0.1) is 0 Å². The van der Waals surface area contributed by atoms with Crippen LogP contribution in [-0.4, -0.2) is 76.9 Å². The standard InChI is InChI=1S/C29H31N5O6S2/c1-19-22(28(36)34(27(19)35)21-10-11-23-20(17-21)18-40-29(23)37)7-4-2-3-5-12-32-13-15-33(16-14-32)42(38,39)25-9-6-8-24-26(25)31-41-30-24/h6,8-11,17H,2-5,7,12-16,18H2,1H3. The number of carbonyl (C=O) groups is 3. The van der Waals surface area contributed by atoms with Gasteiger partial charge in [0.15, 0.2) is 0 Å². The van der Waals surface area contributed by atoms with E-state index in [4.69, 9.17) is 4.74 Å². The zero-order valence-electron chi connectivity index (χ0n) is 23.2. The number of amides is 2. The summed E-state index contributed by atoms with van der Waals surface area (Å²) in [5.41, 5.74) is 3.66. The fraction of sp³-hybridized carbons (Fsp3) is 0.414. The summed E-state index contributed by atoms with van der Waals surface area (Å²) in [6, 6.07) is 9.97. The van der Waals surface area contributed by atoms with Crippen LogP contribution in [-0.2, 0) is 31.0 Å². The highest BCUT2D eigenvalue weighted by Crippen LogP contribution is 2.33. The molecule has 0 spiro atoms. The van der Waals surface area contributed by atoms with Crippen molar-refractivity contribution in [3.8, 4) is 0 Å². The summed E-state index contributed by atoms with van der Waals surface area (Å²) in [5.74, 6) is -1.00. The Bertz CT molecular complexity index is 1710. The van der Waals surface area contributed by atoms with Gasteiger partial charge in [0.05, 0.1) is 23.0 Å². The lowest BCUT2D eigenvalue weighted by molar-refractivity contribution is -0.120. The Labute approximate surface area is 248 Å². The van der Waals surface area contributed by atoms with Crippen LogP contribution in [0.15, 0.2) is 52.4 Å². The third kappa shape index (κ3) is 5.26. The Balaban J connectivity index is 0.938. The molecule has 13 heteroatoms. The maximum Gasteiger partial charge on any atom is 0.338 e. The van der Waals surface area contributed by atoms with Gasteiger partial charge in [0.25, 0.3) is 11.8 Å². The molecule has 6 rings (SSSR count). The monoisotopic (exact) mass is 609 g/mol. The van der Waals surface area contributed by atoms with E-state index in [-0.39, 0.29) is 29.3 Å². The van der Waals surface area contributed by atoms with Crippen LogP contribution in [0.2, 0.25) is 0 Å². The Hall–Kier alpha value is -3.52. The van der Waals surface area contributed by atoms with Gasteiger partial charge in [0, 0.05) is 42.9 Å². The molecular formula is C29H31N5O6S2. The van der Waals surface area contributed by atoms with Crippen molar-refractivity contribution in [2.75, 3.05) is 37.6 Å². The van der Waals surface area contributed by atoms with Crippen molar-refractivity contribution in [2.24, 2.45) is 0 Å². The summed E-state index contributed by atoms with van der Waals surface area (Å²) in [6.45, 7) is 4.95. The fourth-order valence-corrected chi connectivity index (χ4v) is 7.96. The number of fused-ring (bicyclic) bond motifs is 2. The largest absolute Gasteiger partial charge is 0.457 e. The summed E-state index contributed by atoms with van der Waals surface area (Å²) >= 11 is 1.01. The maximum atomic E-state index is 13.2. The number of unbranched alkanes of at least 4 members (excludes halogenated alkanes) is 3. The molecule has 0 aliphatic carbocycles. The SMILES string of the molecule is CC1=C(CCCCCCN2CCN(S(=O)(=O)c3cccc4nsnc34)CC2)C(=O)N(c2ccc3c(c2)COC3=O)C1=O. The molecule has 2 amide bonds. The van der Waals surface area contributed by atoms with E-state index in [1.54, 1.807) is 43.3 Å². The van der Waals surface area contributed by atoms with Gasteiger partial charge in [-0.2, -0.15) is 13.1 Å². The van der Waals surface area contributed by atoms with Gasteiger partial charge in [-0.3, -0.25) is 9.59 Å². The number of ether oxygens (including phenoxy) is 1. The lowest BCUT2D eigenvalue weighted by atomic mass is 10.0. The highest BCUT2D eigenvalue weighted by molar-refractivity contribution is 7.89. The molecule has 1 fully saturated rings. The summed E-state index contributed by atoms with van der Waals surface area (Å²) in [7, 11) is -3.63. The molecule has 220 valence electrons. The van der Waals surface area contributed by atoms with Crippen LogP contribution in [0.5, 0.6) is 0 Å². The smallest absolute Gasteiger partial charge is 0.338 e. The second-order valence-corrected chi connectivity index (χ2v) is 13.2. The van der Waals surface area contributed by atoms with E-state index in [1.807, 2.05) is 0 Å². The molecule has 11 nitrogen and oxygen atoms in total. The first-order chi connectivity index (χ1) is 20.3. The van der Waals surface area contributed by atoms with Crippen LogP contribution in [0.25, 0.3) is 11.0 Å². The number of rotatable bonds is 10. The van der Waals surface area contributed by atoms with E-state index < -0.39 is 10.0 Å². The summed E-state index contributed by atoms with van der Waals surface area (Å²) < 4.78 is 41.4. The van der Waals surface area contributed by atoms with Crippen LogP contribution in [0.4, 0.5) is 5.69 Å². The van der Waals surface area contributed by atoms with Gasteiger partial charge in [-0.1, -0.05) is 18.9 Å².